The zero-order valence-corrected chi connectivity index (χ0v) is 48.7. The number of nitrogens with one attached hydrogen (secondary N) is 3. The molecule has 11 rings (SSSR count). The number of nitrogens with zero attached hydrogens (tertiary/aromatic N) is 14. The van der Waals surface area contributed by atoms with Crippen LogP contribution in [-0.4, -0.2) is 124 Å². The molecule has 0 radical (unpaired) electrons. The lowest BCUT2D eigenvalue weighted by Gasteiger charge is -2.22. The first-order chi connectivity index (χ1) is 40.8. The molecular formula is C59H63F2N17O7. The molecular weight excluding hydrogens is 1100 g/mol. The average Bonchev–Trinajstić information content (AvgIpc) is 2.66. The minimum Gasteiger partial charge on any atom is -0.493 e. The number of dihydropyridines is 1. The molecule has 2 aromatic carbocycles. The van der Waals surface area contributed by atoms with Crippen molar-refractivity contribution in [2.24, 2.45) is 14.1 Å². The molecule has 0 aliphatic carbocycles. The number of hydrogen-bond acceptors (Lipinski definition) is 17. The Morgan fingerprint density at radius 1 is 0.776 bits per heavy atom. The lowest BCUT2D eigenvalue weighted by Crippen LogP contribution is -2.23. The van der Waals surface area contributed by atoms with Crippen molar-refractivity contribution in [3.63, 3.8) is 0 Å². The van der Waals surface area contributed by atoms with E-state index in [1.807, 2.05) is 52.9 Å². The number of anilines is 2. The number of hydrogen-bond donors (Lipinski definition) is 3. The minimum absolute atomic E-state index is 0.184. The van der Waals surface area contributed by atoms with Crippen molar-refractivity contribution in [3.8, 4) is 34.0 Å². The minimum atomic E-state index is -0.315. The van der Waals surface area contributed by atoms with Crippen molar-refractivity contribution < 1.29 is 42.2 Å². The van der Waals surface area contributed by atoms with Crippen LogP contribution in [0, 0.1) is 24.8 Å². The molecule has 0 unspecified atom stereocenters. The van der Waals surface area contributed by atoms with Gasteiger partial charge in [0, 0.05) is 126 Å². The van der Waals surface area contributed by atoms with Crippen LogP contribution < -0.4 is 25.4 Å². The van der Waals surface area contributed by atoms with E-state index in [-0.39, 0.29) is 60.1 Å². The van der Waals surface area contributed by atoms with E-state index >= 15 is 0 Å². The largest absolute Gasteiger partial charge is 0.493 e. The Hall–Kier alpha value is -10.3. The number of benzene rings is 2. The van der Waals surface area contributed by atoms with E-state index in [1.54, 1.807) is 82.3 Å². The van der Waals surface area contributed by atoms with Gasteiger partial charge in [-0.2, -0.15) is 19.8 Å². The summed E-state index contributed by atoms with van der Waals surface area (Å²) in [6.07, 6.45) is 9.78. The number of imidazole rings is 2. The molecule has 1 amide bonds. The van der Waals surface area contributed by atoms with Gasteiger partial charge in [-0.15, -0.1) is 0 Å². The van der Waals surface area contributed by atoms with Crippen LogP contribution in [0.3, 0.4) is 0 Å². The zero-order valence-electron chi connectivity index (χ0n) is 48.7. The summed E-state index contributed by atoms with van der Waals surface area (Å²) in [6, 6.07) is 9.81. The number of ether oxygens (including phenoxy) is 3. The quantitative estimate of drug-likeness (QED) is 0.0683. The summed E-state index contributed by atoms with van der Waals surface area (Å²) >= 11 is 0. The van der Waals surface area contributed by atoms with Gasteiger partial charge in [0.1, 0.15) is 23.1 Å². The molecule has 9 heterocycles. The van der Waals surface area contributed by atoms with E-state index in [0.29, 0.717) is 90.5 Å². The molecule has 26 heteroatoms. The fourth-order valence-corrected chi connectivity index (χ4v) is 10.00. The number of fused-ring (bicyclic) bond motifs is 4. The smallest absolute Gasteiger partial charge is 0.373 e. The number of esters is 1. The predicted octanol–water partition coefficient (Wildman–Crippen LogP) is 8.41. The van der Waals surface area contributed by atoms with E-state index in [1.165, 1.54) is 28.3 Å². The van der Waals surface area contributed by atoms with Crippen molar-refractivity contribution in [2.75, 3.05) is 58.6 Å². The highest BCUT2D eigenvalue weighted by molar-refractivity contribution is 5.94. The summed E-state index contributed by atoms with van der Waals surface area (Å²) in [4.78, 5) is 68.7. The van der Waals surface area contributed by atoms with Crippen molar-refractivity contribution in [3.05, 3.63) is 152 Å². The number of amides is 1. The molecule has 6 aromatic heterocycles. The number of allylic oxidation sites excluding steroid dienone is 3. The lowest BCUT2D eigenvalue weighted by atomic mass is 9.96. The third kappa shape index (κ3) is 13.3. The van der Waals surface area contributed by atoms with E-state index in [4.69, 9.17) is 36.9 Å². The number of aryl methyl sites for hydroxylation is 2. The van der Waals surface area contributed by atoms with Gasteiger partial charge in [0.25, 0.3) is 17.5 Å². The Balaban J connectivity index is 0.000000173. The maximum atomic E-state index is 14.6. The van der Waals surface area contributed by atoms with Crippen LogP contribution in [0.15, 0.2) is 83.7 Å². The maximum absolute atomic E-state index is 14.6. The van der Waals surface area contributed by atoms with Gasteiger partial charge in [0.15, 0.2) is 5.69 Å². The number of rotatable bonds is 14. The van der Waals surface area contributed by atoms with Gasteiger partial charge >= 0.3 is 12.1 Å². The monoisotopic (exact) mass is 1160 g/mol. The van der Waals surface area contributed by atoms with Gasteiger partial charge in [-0.1, -0.05) is 30.0 Å². The fraction of sp³-hybridized carbons (Fsp3) is 0.339. The molecule has 3 aliphatic rings. The topological polar surface area (TPSA) is 243 Å². The van der Waals surface area contributed by atoms with Gasteiger partial charge < -0.3 is 49.7 Å². The van der Waals surface area contributed by atoms with E-state index in [0.717, 1.165) is 57.9 Å². The molecule has 0 fully saturated rings. The average molecular weight is 1160 g/mol. The third-order valence-corrected chi connectivity index (χ3v) is 14.1. The van der Waals surface area contributed by atoms with E-state index in [2.05, 4.69) is 62.7 Å². The maximum Gasteiger partial charge on any atom is 0.373 e. The number of aromatic nitrogens is 10. The Kier molecular flexibility index (Phi) is 19.1. The van der Waals surface area contributed by atoms with Crippen LogP contribution >= 0.6 is 0 Å². The summed E-state index contributed by atoms with van der Waals surface area (Å²) in [6.45, 7) is 25.4. The second kappa shape index (κ2) is 26.7. The molecule has 3 aliphatic heterocycles. The Morgan fingerprint density at radius 3 is 1.75 bits per heavy atom. The fourth-order valence-electron chi connectivity index (χ4n) is 10.00. The highest BCUT2D eigenvalue weighted by Crippen LogP contribution is 2.35. The first-order valence-corrected chi connectivity index (χ1v) is 26.9. The Bertz CT molecular complexity index is 4040. The summed E-state index contributed by atoms with van der Waals surface area (Å²) in [5, 5.41) is 18.5. The Morgan fingerprint density at radius 2 is 1.28 bits per heavy atom. The molecule has 0 atom stereocenters. The van der Waals surface area contributed by atoms with Crippen LogP contribution in [0.25, 0.3) is 43.5 Å². The van der Waals surface area contributed by atoms with E-state index < -0.39 is 0 Å². The summed E-state index contributed by atoms with van der Waals surface area (Å²) < 4.78 is 52.0. The standard InChI is InChI=1S/C23H21FN8O2.C23H23FN8O.C12H19NO2.CO2/c1-25-20-12-32-21(28-20)15(18-9-17(29-31(18)4)22(33)30(2)3)11-27-23(32)26-10-14-13-7-8-34-19(13)6-5-16(14)24;1-25-21-13-32-22(28-21)17(19-9-14(12-30(2)3)29-31(19)4)11-27-23(32)26-10-16-15-7-8-33-20(15)6-5-18(16)24;1-5-10-7-11(12(14)15-6-2)9(4)13-8(10)3;2-1-3/h5-6,9,11-12H,7-8,10H2,2-4H3,(H,26,27);5-6,9,11,13H,7-8,10,12H2,2-4H3,(H,26,27);13H,5-7H2,1-4H3;. The number of halogens is 2. The van der Waals surface area contributed by atoms with Crippen LogP contribution in [0.4, 0.5) is 32.3 Å². The van der Waals surface area contributed by atoms with Crippen LogP contribution in [0.1, 0.15) is 79.0 Å². The SMILES string of the molecule is CCOC(=O)C1=C(C)NC(C)=C(CC)C1.O=C=O.[C-]#[N+]c1cn2c(NCc3c(F)ccc4c3CCO4)ncc(-c3cc(C(=O)N(C)C)nn3C)c2n1.[C-]#[N+]c1cn2c(NCc3c(F)ccc4c3CCO4)ncc(-c3cc(CN(C)C)nn3C)c2n1. The summed E-state index contributed by atoms with van der Waals surface area (Å²) in [7, 11) is 10.9. The molecule has 3 N–H and O–H groups in total. The molecule has 0 bridgehead atoms. The highest BCUT2D eigenvalue weighted by Gasteiger charge is 2.26. The molecule has 85 heavy (non-hydrogen) atoms. The molecule has 0 saturated heterocycles. The number of carbonyl (C=O) groups is 2. The van der Waals surface area contributed by atoms with Crippen LogP contribution in [0.5, 0.6) is 11.5 Å². The van der Waals surface area contributed by atoms with Crippen molar-refractivity contribution in [1.29, 1.82) is 0 Å². The highest BCUT2D eigenvalue weighted by atomic mass is 19.1. The predicted molar refractivity (Wildman–Crippen MR) is 309 cm³/mol. The molecule has 0 spiro atoms. The summed E-state index contributed by atoms with van der Waals surface area (Å²) in [5.41, 5.74) is 12.1. The summed E-state index contributed by atoms with van der Waals surface area (Å²) in [5.74, 6) is 1.73. The second-order valence-corrected chi connectivity index (χ2v) is 20.1. The normalized spacial score (nSPS) is 12.9. The van der Waals surface area contributed by atoms with Gasteiger partial charge in [-0.05, 0) is 83.3 Å². The van der Waals surface area contributed by atoms with Gasteiger partial charge in [-0.25, -0.2) is 23.5 Å². The van der Waals surface area contributed by atoms with Crippen molar-refractivity contribution >= 4 is 52.9 Å². The first-order valence-electron chi connectivity index (χ1n) is 26.9. The first kappa shape index (κ1) is 60.8. The molecule has 24 nitrogen and oxygen atoms in total. The Labute approximate surface area is 488 Å². The van der Waals surface area contributed by atoms with Gasteiger partial charge in [-0.3, -0.25) is 23.0 Å². The molecule has 440 valence electrons. The van der Waals surface area contributed by atoms with E-state index in [9.17, 15) is 18.4 Å². The van der Waals surface area contributed by atoms with Gasteiger partial charge in [0.2, 0.25) is 23.2 Å². The van der Waals surface area contributed by atoms with Crippen LogP contribution in [0.2, 0.25) is 0 Å². The van der Waals surface area contributed by atoms with Crippen molar-refractivity contribution in [1.82, 2.24) is 63.4 Å². The molecule has 0 saturated carbocycles. The zero-order chi connectivity index (χ0) is 61.2. The van der Waals surface area contributed by atoms with Crippen LogP contribution in [-0.2, 0) is 65.7 Å². The number of carbonyl (C=O) groups excluding carboxylic acids is 4. The molecule has 8 aromatic rings. The lowest BCUT2D eigenvalue weighted by molar-refractivity contribution is -0.191. The van der Waals surface area contributed by atoms with Crippen molar-refractivity contribution in [2.45, 2.75) is 73.0 Å². The van der Waals surface area contributed by atoms with Gasteiger partial charge in [0.05, 0.1) is 53.6 Å². The second-order valence-electron chi connectivity index (χ2n) is 20.1. The third-order valence-electron chi connectivity index (χ3n) is 14.1.